The normalized spacial score (nSPS) is 21.0. The van der Waals surface area contributed by atoms with Gasteiger partial charge in [0, 0.05) is 64.1 Å². The molecule has 2 aromatic rings. The van der Waals surface area contributed by atoms with E-state index in [2.05, 4.69) is 9.80 Å². The average Bonchev–Trinajstić information content (AvgIpc) is 3.30. The van der Waals surface area contributed by atoms with Gasteiger partial charge in [0.2, 0.25) is 0 Å². The molecule has 2 aliphatic heterocycles. The molecule has 0 bridgehead atoms. The van der Waals surface area contributed by atoms with Crippen LogP contribution >= 0.6 is 11.3 Å². The molecule has 2 fully saturated rings. The van der Waals surface area contributed by atoms with Crippen molar-refractivity contribution in [1.29, 1.82) is 0 Å². The number of hydrogen-bond donors (Lipinski definition) is 1. The highest BCUT2D eigenvalue weighted by molar-refractivity contribution is 7.91. The van der Waals surface area contributed by atoms with E-state index in [0.29, 0.717) is 12.6 Å². The zero-order valence-corrected chi connectivity index (χ0v) is 20.8. The molecule has 2 aliphatic rings. The van der Waals surface area contributed by atoms with Crippen LogP contribution in [-0.4, -0.2) is 87.7 Å². The van der Waals surface area contributed by atoms with E-state index in [-0.39, 0.29) is 36.1 Å². The number of thiophene rings is 1. The monoisotopic (exact) mass is 536 g/mol. The van der Waals surface area contributed by atoms with Crippen LogP contribution in [0.4, 0.5) is 28.3 Å². The largest absolute Gasteiger partial charge is 0.418 e. The Morgan fingerprint density at radius 1 is 1.03 bits per heavy atom. The Kier molecular flexibility index (Phi) is 7.62. The standard InChI is InChI=1S/C22H28F4N4O3S2/c1-16-15-29(19-3-2-17(23)14-18(19)22(24,25)26)10-11-30(16)35(32,33)21-5-4-20(34-21)28-8-6-27(7-9-28)12-13-31/h2-5,14,16,31H,6-13,15H2,1H3/t16-/m1/s1. The van der Waals surface area contributed by atoms with Gasteiger partial charge in [-0.1, -0.05) is 0 Å². The van der Waals surface area contributed by atoms with Crippen LogP contribution in [0.25, 0.3) is 0 Å². The molecule has 0 unspecified atom stereocenters. The van der Waals surface area contributed by atoms with Crippen molar-refractivity contribution in [3.63, 3.8) is 0 Å². The third-order valence-electron chi connectivity index (χ3n) is 6.40. The van der Waals surface area contributed by atoms with Crippen molar-refractivity contribution >= 4 is 32.0 Å². The fourth-order valence-electron chi connectivity index (χ4n) is 4.60. The topological polar surface area (TPSA) is 67.3 Å². The molecule has 13 heteroatoms. The van der Waals surface area contributed by atoms with Crippen molar-refractivity contribution in [2.24, 2.45) is 0 Å². The highest BCUT2D eigenvalue weighted by Gasteiger charge is 2.39. The summed E-state index contributed by atoms with van der Waals surface area (Å²) < 4.78 is 82.2. The molecule has 7 nitrogen and oxygen atoms in total. The minimum absolute atomic E-state index is 0.0191. The second-order valence-electron chi connectivity index (χ2n) is 8.71. The molecule has 35 heavy (non-hydrogen) atoms. The molecule has 1 aromatic carbocycles. The van der Waals surface area contributed by atoms with Gasteiger partial charge in [0.05, 0.1) is 17.2 Å². The highest BCUT2D eigenvalue weighted by atomic mass is 32.2. The predicted octanol–water partition coefficient (Wildman–Crippen LogP) is 2.92. The highest BCUT2D eigenvalue weighted by Crippen LogP contribution is 2.39. The quantitative estimate of drug-likeness (QED) is 0.573. The Balaban J connectivity index is 1.46. The zero-order valence-electron chi connectivity index (χ0n) is 19.2. The second-order valence-corrected chi connectivity index (χ2v) is 11.9. The molecule has 1 atom stereocenters. The van der Waals surface area contributed by atoms with Crippen molar-refractivity contribution in [3.05, 3.63) is 41.7 Å². The second kappa shape index (κ2) is 10.2. The van der Waals surface area contributed by atoms with Crippen LogP contribution in [0.2, 0.25) is 0 Å². The maximum absolute atomic E-state index is 13.5. The Hall–Kier alpha value is -1.93. The van der Waals surface area contributed by atoms with Gasteiger partial charge >= 0.3 is 6.18 Å². The van der Waals surface area contributed by atoms with Gasteiger partial charge < -0.3 is 14.9 Å². The van der Waals surface area contributed by atoms with Gasteiger partial charge in [0.1, 0.15) is 10.0 Å². The van der Waals surface area contributed by atoms with Crippen LogP contribution in [0.15, 0.2) is 34.5 Å². The van der Waals surface area contributed by atoms with Gasteiger partial charge in [-0.2, -0.15) is 17.5 Å². The van der Waals surface area contributed by atoms with Gasteiger partial charge in [-0.3, -0.25) is 4.90 Å². The Morgan fingerprint density at radius 3 is 2.34 bits per heavy atom. The summed E-state index contributed by atoms with van der Waals surface area (Å²) >= 11 is 1.19. The van der Waals surface area contributed by atoms with Crippen LogP contribution < -0.4 is 9.80 Å². The lowest BCUT2D eigenvalue weighted by Gasteiger charge is -2.40. The van der Waals surface area contributed by atoms with E-state index in [0.717, 1.165) is 43.3 Å². The van der Waals surface area contributed by atoms with Gasteiger partial charge in [-0.05, 0) is 37.3 Å². The van der Waals surface area contributed by atoms with E-state index < -0.39 is 33.6 Å². The molecule has 3 heterocycles. The molecule has 0 saturated carbocycles. The molecule has 0 radical (unpaired) electrons. The number of hydrogen-bond acceptors (Lipinski definition) is 7. The fraction of sp³-hybridized carbons (Fsp3) is 0.545. The predicted molar refractivity (Wildman–Crippen MR) is 127 cm³/mol. The van der Waals surface area contributed by atoms with E-state index in [4.69, 9.17) is 5.11 Å². The molecule has 1 N–H and O–H groups in total. The van der Waals surface area contributed by atoms with Crippen LogP contribution in [0, 0.1) is 5.82 Å². The van der Waals surface area contributed by atoms with Crippen molar-refractivity contribution in [3.8, 4) is 0 Å². The van der Waals surface area contributed by atoms with Crippen molar-refractivity contribution in [1.82, 2.24) is 9.21 Å². The molecular weight excluding hydrogens is 508 g/mol. The molecule has 4 rings (SSSR count). The lowest BCUT2D eigenvalue weighted by Crippen LogP contribution is -2.54. The summed E-state index contributed by atoms with van der Waals surface area (Å²) in [6.07, 6.45) is -4.72. The maximum Gasteiger partial charge on any atom is 0.418 e. The number of benzene rings is 1. The first kappa shape index (κ1) is 26.1. The summed E-state index contributed by atoms with van der Waals surface area (Å²) in [5, 5.41) is 9.94. The third-order valence-corrected chi connectivity index (χ3v) is 10.0. The lowest BCUT2D eigenvalue weighted by molar-refractivity contribution is -0.137. The number of rotatable bonds is 6. The third kappa shape index (κ3) is 5.58. The molecule has 1 aromatic heterocycles. The number of sulfonamides is 1. The average molecular weight is 537 g/mol. The molecule has 0 spiro atoms. The Labute approximate surface area is 206 Å². The lowest BCUT2D eigenvalue weighted by atomic mass is 10.1. The number of nitrogens with zero attached hydrogens (tertiary/aromatic N) is 4. The summed E-state index contributed by atoms with van der Waals surface area (Å²) in [7, 11) is -3.83. The first-order valence-electron chi connectivity index (χ1n) is 11.3. The minimum Gasteiger partial charge on any atom is -0.395 e. The summed E-state index contributed by atoms with van der Waals surface area (Å²) in [6.45, 7) is 5.53. The maximum atomic E-state index is 13.5. The van der Waals surface area contributed by atoms with Crippen molar-refractivity contribution in [2.75, 3.05) is 68.8 Å². The first-order valence-corrected chi connectivity index (χ1v) is 13.6. The van der Waals surface area contributed by atoms with E-state index in [1.165, 1.54) is 20.5 Å². The minimum atomic E-state index is -4.72. The van der Waals surface area contributed by atoms with Crippen LogP contribution in [0.5, 0.6) is 0 Å². The molecule has 194 valence electrons. The first-order chi connectivity index (χ1) is 16.5. The SMILES string of the molecule is C[C@@H]1CN(c2ccc(F)cc2C(F)(F)F)CCN1S(=O)(=O)c1ccc(N2CCN(CCO)CC2)s1. The van der Waals surface area contributed by atoms with Gasteiger partial charge in [0.15, 0.2) is 0 Å². The smallest absolute Gasteiger partial charge is 0.395 e. The van der Waals surface area contributed by atoms with Crippen molar-refractivity contribution in [2.45, 2.75) is 23.4 Å². The summed E-state index contributed by atoms with van der Waals surface area (Å²) in [6, 6.07) is 5.34. The number of aliphatic hydroxyl groups is 1. The number of halogens is 4. The van der Waals surface area contributed by atoms with Crippen molar-refractivity contribution < 1.29 is 31.1 Å². The summed E-state index contributed by atoms with van der Waals surface area (Å²) in [4.78, 5) is 5.73. The summed E-state index contributed by atoms with van der Waals surface area (Å²) in [5.41, 5.74) is -1.22. The number of anilines is 2. The molecule has 2 saturated heterocycles. The van der Waals surface area contributed by atoms with Crippen LogP contribution in [0.3, 0.4) is 0 Å². The van der Waals surface area contributed by atoms with E-state index in [9.17, 15) is 26.0 Å². The number of aliphatic hydroxyl groups excluding tert-OH is 1. The number of piperazine rings is 2. The number of β-amino-alcohol motifs (C(OH)–C–C–N with tert-alkyl or cyclic N) is 1. The van der Waals surface area contributed by atoms with Crippen LogP contribution in [-0.2, 0) is 16.2 Å². The van der Waals surface area contributed by atoms with E-state index in [1.54, 1.807) is 19.1 Å². The van der Waals surface area contributed by atoms with Gasteiger partial charge in [-0.25, -0.2) is 12.8 Å². The molecule has 0 aliphatic carbocycles. The molecule has 0 amide bonds. The van der Waals surface area contributed by atoms with Gasteiger partial charge in [0.25, 0.3) is 10.0 Å². The van der Waals surface area contributed by atoms with E-state index in [1.807, 2.05) is 0 Å². The van der Waals surface area contributed by atoms with E-state index >= 15 is 0 Å². The molecular formula is C22H28F4N4O3S2. The zero-order chi connectivity index (χ0) is 25.4. The number of alkyl halides is 3. The van der Waals surface area contributed by atoms with Gasteiger partial charge in [-0.15, -0.1) is 11.3 Å². The Morgan fingerprint density at radius 2 is 1.71 bits per heavy atom. The summed E-state index contributed by atoms with van der Waals surface area (Å²) in [5.74, 6) is -0.973. The van der Waals surface area contributed by atoms with Crippen LogP contribution in [0.1, 0.15) is 12.5 Å². The fourth-order valence-corrected chi connectivity index (χ4v) is 7.68. The Bertz CT molecular complexity index is 1130.